The van der Waals surface area contributed by atoms with Crippen LogP contribution in [0.4, 0.5) is 0 Å². The molecular formula is C19H23NO. The van der Waals surface area contributed by atoms with Gasteiger partial charge in [-0.25, -0.2) is 0 Å². The van der Waals surface area contributed by atoms with E-state index in [-0.39, 0.29) is 0 Å². The lowest BCUT2D eigenvalue weighted by molar-refractivity contribution is 0.480. The van der Waals surface area contributed by atoms with Crippen LogP contribution in [0.3, 0.4) is 0 Å². The van der Waals surface area contributed by atoms with Crippen LogP contribution in [0.5, 0.6) is 11.5 Å². The van der Waals surface area contributed by atoms with Gasteiger partial charge in [0.1, 0.15) is 11.5 Å². The molecule has 0 bridgehead atoms. The summed E-state index contributed by atoms with van der Waals surface area (Å²) in [4.78, 5) is 0. The summed E-state index contributed by atoms with van der Waals surface area (Å²) in [6.45, 7) is 3.32. The lowest BCUT2D eigenvalue weighted by atomic mass is 9.96. The molecule has 21 heavy (non-hydrogen) atoms. The fraction of sp³-hybridized carbons (Fsp3) is 0.368. The van der Waals surface area contributed by atoms with Crippen molar-refractivity contribution in [2.24, 2.45) is 0 Å². The van der Waals surface area contributed by atoms with Crippen LogP contribution in [-0.4, -0.2) is 12.6 Å². The summed E-state index contributed by atoms with van der Waals surface area (Å²) in [5.41, 5.74) is 1.36. The van der Waals surface area contributed by atoms with Gasteiger partial charge in [-0.2, -0.15) is 0 Å². The first-order chi connectivity index (χ1) is 10.3. The second kappa shape index (κ2) is 6.77. The van der Waals surface area contributed by atoms with Gasteiger partial charge in [-0.1, -0.05) is 37.3 Å². The average molecular weight is 281 g/mol. The molecule has 0 saturated heterocycles. The topological polar surface area (TPSA) is 21.3 Å². The molecule has 1 aliphatic rings. The van der Waals surface area contributed by atoms with E-state index in [1.54, 1.807) is 0 Å². The Bertz CT molecular complexity index is 563. The van der Waals surface area contributed by atoms with E-state index in [0.717, 1.165) is 30.5 Å². The van der Waals surface area contributed by atoms with Crippen LogP contribution < -0.4 is 10.1 Å². The number of nitrogens with one attached hydrogen (secondary N) is 1. The zero-order chi connectivity index (χ0) is 14.5. The molecule has 1 atom stereocenters. The van der Waals surface area contributed by atoms with Crippen LogP contribution in [0, 0.1) is 0 Å². The first kappa shape index (κ1) is 14.2. The Hall–Kier alpha value is -1.80. The van der Waals surface area contributed by atoms with Crippen molar-refractivity contribution in [2.45, 2.75) is 38.1 Å². The molecule has 2 aromatic carbocycles. The smallest absolute Gasteiger partial charge is 0.127 e. The van der Waals surface area contributed by atoms with Gasteiger partial charge in [0.2, 0.25) is 0 Å². The van der Waals surface area contributed by atoms with Gasteiger partial charge in [-0.3, -0.25) is 0 Å². The summed E-state index contributed by atoms with van der Waals surface area (Å²) in [5.74, 6) is 2.37. The minimum Gasteiger partial charge on any atom is -0.457 e. The number of ether oxygens (including phenoxy) is 1. The Morgan fingerprint density at radius 3 is 2.52 bits per heavy atom. The van der Waals surface area contributed by atoms with Gasteiger partial charge in [0.15, 0.2) is 0 Å². The van der Waals surface area contributed by atoms with E-state index in [1.165, 1.54) is 18.4 Å². The van der Waals surface area contributed by atoms with E-state index >= 15 is 0 Å². The number of hydrogen-bond donors (Lipinski definition) is 1. The Kier molecular flexibility index (Phi) is 4.56. The average Bonchev–Trinajstić information content (AvgIpc) is 3.34. The van der Waals surface area contributed by atoms with Gasteiger partial charge in [0, 0.05) is 12.6 Å². The molecule has 0 amide bonds. The second-order valence-electron chi connectivity index (χ2n) is 5.78. The molecule has 1 fully saturated rings. The molecule has 2 aromatic rings. The van der Waals surface area contributed by atoms with Gasteiger partial charge in [-0.15, -0.1) is 0 Å². The van der Waals surface area contributed by atoms with Crippen molar-refractivity contribution < 1.29 is 4.74 Å². The predicted molar refractivity (Wildman–Crippen MR) is 87.0 cm³/mol. The standard InChI is InChI=1S/C19H23NO/c1-2-15(14-20-17-11-12-17)16-7-6-10-19(13-16)21-18-8-4-3-5-9-18/h3-10,13,15,17,20H,2,11-12,14H2,1H3. The van der Waals surface area contributed by atoms with E-state index in [9.17, 15) is 0 Å². The molecule has 1 saturated carbocycles. The molecule has 1 aliphatic carbocycles. The van der Waals surface area contributed by atoms with E-state index < -0.39 is 0 Å². The zero-order valence-electron chi connectivity index (χ0n) is 12.6. The first-order valence-electron chi connectivity index (χ1n) is 7.91. The fourth-order valence-electron chi connectivity index (χ4n) is 2.55. The van der Waals surface area contributed by atoms with E-state index in [4.69, 9.17) is 4.74 Å². The lowest BCUT2D eigenvalue weighted by Crippen LogP contribution is -2.23. The quantitative estimate of drug-likeness (QED) is 0.792. The highest BCUT2D eigenvalue weighted by Crippen LogP contribution is 2.27. The van der Waals surface area contributed by atoms with Crippen LogP contribution in [0.1, 0.15) is 37.7 Å². The summed E-state index contributed by atoms with van der Waals surface area (Å²) in [6, 6.07) is 19.2. The lowest BCUT2D eigenvalue weighted by Gasteiger charge is -2.17. The number of para-hydroxylation sites is 1. The molecule has 2 heteroatoms. The van der Waals surface area contributed by atoms with Gasteiger partial charge in [0.25, 0.3) is 0 Å². The molecule has 0 aliphatic heterocycles. The minimum atomic E-state index is 0.560. The van der Waals surface area contributed by atoms with Gasteiger partial charge in [0.05, 0.1) is 0 Å². The molecule has 0 spiro atoms. The van der Waals surface area contributed by atoms with E-state index in [0.29, 0.717) is 5.92 Å². The SMILES string of the molecule is CCC(CNC1CC1)c1cccc(Oc2ccccc2)c1. The van der Waals surface area contributed by atoms with Gasteiger partial charge < -0.3 is 10.1 Å². The van der Waals surface area contributed by atoms with E-state index in [1.807, 2.05) is 36.4 Å². The Balaban J connectivity index is 1.68. The Morgan fingerprint density at radius 1 is 1.05 bits per heavy atom. The van der Waals surface area contributed by atoms with Crippen LogP contribution in [-0.2, 0) is 0 Å². The Labute approximate surface area is 127 Å². The monoisotopic (exact) mass is 281 g/mol. The molecule has 0 radical (unpaired) electrons. The highest BCUT2D eigenvalue weighted by molar-refractivity contribution is 5.35. The van der Waals surface area contributed by atoms with E-state index in [2.05, 4.69) is 30.4 Å². The highest BCUT2D eigenvalue weighted by Gasteiger charge is 2.22. The molecule has 0 heterocycles. The molecule has 3 rings (SSSR count). The zero-order valence-corrected chi connectivity index (χ0v) is 12.6. The van der Waals surface area contributed by atoms with Crippen molar-refractivity contribution >= 4 is 0 Å². The number of rotatable bonds is 7. The molecule has 0 aromatic heterocycles. The van der Waals surface area contributed by atoms with Crippen LogP contribution in [0.25, 0.3) is 0 Å². The van der Waals surface area contributed by atoms with Gasteiger partial charge in [-0.05, 0) is 55.0 Å². The summed E-state index contributed by atoms with van der Waals surface area (Å²) in [5, 5.41) is 3.63. The summed E-state index contributed by atoms with van der Waals surface area (Å²) in [7, 11) is 0. The van der Waals surface area contributed by atoms with Crippen molar-refractivity contribution in [3.8, 4) is 11.5 Å². The summed E-state index contributed by atoms with van der Waals surface area (Å²) >= 11 is 0. The van der Waals surface area contributed by atoms with Crippen molar-refractivity contribution in [1.82, 2.24) is 5.32 Å². The van der Waals surface area contributed by atoms with Crippen molar-refractivity contribution in [3.63, 3.8) is 0 Å². The van der Waals surface area contributed by atoms with Crippen molar-refractivity contribution in [1.29, 1.82) is 0 Å². The molecular weight excluding hydrogens is 258 g/mol. The maximum atomic E-state index is 5.93. The number of benzene rings is 2. The largest absolute Gasteiger partial charge is 0.457 e. The highest BCUT2D eigenvalue weighted by atomic mass is 16.5. The molecule has 1 N–H and O–H groups in total. The Morgan fingerprint density at radius 2 is 1.81 bits per heavy atom. The molecule has 2 nitrogen and oxygen atoms in total. The summed E-state index contributed by atoms with van der Waals surface area (Å²) in [6.07, 6.45) is 3.83. The van der Waals surface area contributed by atoms with Crippen LogP contribution >= 0.6 is 0 Å². The third kappa shape index (κ3) is 4.08. The number of hydrogen-bond acceptors (Lipinski definition) is 2. The van der Waals surface area contributed by atoms with Crippen LogP contribution in [0.2, 0.25) is 0 Å². The van der Waals surface area contributed by atoms with Gasteiger partial charge >= 0.3 is 0 Å². The van der Waals surface area contributed by atoms with Crippen molar-refractivity contribution in [2.75, 3.05) is 6.54 Å². The summed E-state index contributed by atoms with van der Waals surface area (Å²) < 4.78 is 5.93. The maximum Gasteiger partial charge on any atom is 0.127 e. The predicted octanol–water partition coefficient (Wildman–Crippen LogP) is 4.72. The maximum absolute atomic E-state index is 5.93. The first-order valence-corrected chi connectivity index (χ1v) is 7.91. The third-order valence-electron chi connectivity index (χ3n) is 4.03. The minimum absolute atomic E-state index is 0.560. The van der Waals surface area contributed by atoms with Crippen LogP contribution in [0.15, 0.2) is 54.6 Å². The second-order valence-corrected chi connectivity index (χ2v) is 5.78. The molecule has 1 unspecified atom stereocenters. The van der Waals surface area contributed by atoms with Crippen molar-refractivity contribution in [3.05, 3.63) is 60.2 Å². The molecule has 110 valence electrons. The normalized spacial score (nSPS) is 15.7. The third-order valence-corrected chi connectivity index (χ3v) is 4.03. The fourth-order valence-corrected chi connectivity index (χ4v) is 2.55.